The van der Waals surface area contributed by atoms with E-state index < -0.39 is 0 Å². The number of aliphatic hydroxyl groups is 1. The maximum absolute atomic E-state index is 9.40. The van der Waals surface area contributed by atoms with Crippen molar-refractivity contribution < 1.29 is 9.84 Å². The maximum atomic E-state index is 9.40. The van der Waals surface area contributed by atoms with Crippen molar-refractivity contribution in [2.75, 3.05) is 32.9 Å². The van der Waals surface area contributed by atoms with Gasteiger partial charge in [-0.3, -0.25) is 0 Å². The quantitative estimate of drug-likeness (QED) is 0.755. The molecular formula is C16H25NO2. The summed E-state index contributed by atoms with van der Waals surface area (Å²) < 4.78 is 5.22. The Morgan fingerprint density at radius 1 is 1.32 bits per heavy atom. The van der Waals surface area contributed by atoms with Gasteiger partial charge in [-0.05, 0) is 17.9 Å². The highest BCUT2D eigenvalue weighted by atomic mass is 16.5. The minimum atomic E-state index is -0.0343. The molecule has 0 radical (unpaired) electrons. The molecule has 1 fully saturated rings. The van der Waals surface area contributed by atoms with Crippen LogP contribution in [0.5, 0.6) is 0 Å². The number of aliphatic hydroxyl groups excluding tert-OH is 1. The molecule has 1 aromatic carbocycles. The predicted molar refractivity (Wildman–Crippen MR) is 77.3 cm³/mol. The third kappa shape index (κ3) is 3.78. The van der Waals surface area contributed by atoms with Gasteiger partial charge in [-0.15, -0.1) is 0 Å². The van der Waals surface area contributed by atoms with Crippen LogP contribution in [0.2, 0.25) is 0 Å². The molecule has 3 nitrogen and oxygen atoms in total. The number of hydrogen-bond acceptors (Lipinski definition) is 3. The van der Waals surface area contributed by atoms with Crippen LogP contribution in [0.15, 0.2) is 30.3 Å². The van der Waals surface area contributed by atoms with Crippen LogP contribution < -0.4 is 5.32 Å². The van der Waals surface area contributed by atoms with Crippen molar-refractivity contribution in [3.63, 3.8) is 0 Å². The highest BCUT2D eigenvalue weighted by Gasteiger charge is 2.37. The fourth-order valence-electron chi connectivity index (χ4n) is 2.61. The summed E-state index contributed by atoms with van der Waals surface area (Å²) in [7, 11) is 0. The molecule has 0 saturated carbocycles. The van der Waals surface area contributed by atoms with Gasteiger partial charge in [-0.2, -0.15) is 0 Å². The topological polar surface area (TPSA) is 41.5 Å². The second kappa shape index (κ2) is 7.04. The minimum Gasteiger partial charge on any atom is -0.396 e. The predicted octanol–water partition coefficient (Wildman–Crippen LogP) is 2.17. The third-order valence-corrected chi connectivity index (χ3v) is 3.95. The van der Waals surface area contributed by atoms with E-state index in [4.69, 9.17) is 4.74 Å². The summed E-state index contributed by atoms with van der Waals surface area (Å²) in [6, 6.07) is 10.7. The lowest BCUT2D eigenvalue weighted by Crippen LogP contribution is -2.52. The van der Waals surface area contributed by atoms with Crippen LogP contribution in [0.4, 0.5) is 0 Å². The van der Waals surface area contributed by atoms with Gasteiger partial charge < -0.3 is 15.2 Å². The molecule has 3 heteroatoms. The lowest BCUT2D eigenvalue weighted by Gasteiger charge is -2.40. The Hall–Kier alpha value is -0.900. The molecule has 1 atom stereocenters. The molecule has 1 aliphatic rings. The second-order valence-electron chi connectivity index (χ2n) is 5.68. The van der Waals surface area contributed by atoms with E-state index in [1.165, 1.54) is 18.4 Å². The Morgan fingerprint density at radius 3 is 2.58 bits per heavy atom. The van der Waals surface area contributed by atoms with Crippen LogP contribution in [0.3, 0.4) is 0 Å². The van der Waals surface area contributed by atoms with Gasteiger partial charge in [0.1, 0.15) is 0 Å². The number of ether oxygens (including phenoxy) is 1. The standard InChI is InChI=1S/C16H25NO2/c1-2-6-15(14-7-4-3-5-8-14)9-17-10-16(11-18)12-19-13-16/h3-5,7-8,15,17-18H,2,6,9-13H2,1H3. The highest BCUT2D eigenvalue weighted by Crippen LogP contribution is 2.26. The van der Waals surface area contributed by atoms with E-state index >= 15 is 0 Å². The maximum Gasteiger partial charge on any atom is 0.0579 e. The first-order valence-corrected chi connectivity index (χ1v) is 7.24. The van der Waals surface area contributed by atoms with E-state index in [-0.39, 0.29) is 12.0 Å². The van der Waals surface area contributed by atoms with Gasteiger partial charge in [0.15, 0.2) is 0 Å². The Balaban J connectivity index is 1.84. The lowest BCUT2D eigenvalue weighted by atomic mass is 9.86. The second-order valence-corrected chi connectivity index (χ2v) is 5.68. The van der Waals surface area contributed by atoms with Gasteiger partial charge >= 0.3 is 0 Å². The zero-order valence-electron chi connectivity index (χ0n) is 11.8. The Bertz CT molecular complexity index is 357. The molecule has 1 aliphatic heterocycles. The molecule has 1 unspecified atom stereocenters. The molecule has 0 spiro atoms. The minimum absolute atomic E-state index is 0.0343. The Labute approximate surface area is 116 Å². The smallest absolute Gasteiger partial charge is 0.0579 e. The molecule has 0 aliphatic carbocycles. The Kier molecular flexibility index (Phi) is 5.37. The van der Waals surface area contributed by atoms with E-state index in [1.54, 1.807) is 0 Å². The van der Waals surface area contributed by atoms with Crippen molar-refractivity contribution in [1.82, 2.24) is 5.32 Å². The van der Waals surface area contributed by atoms with Gasteiger partial charge in [0.2, 0.25) is 0 Å². The van der Waals surface area contributed by atoms with Crippen molar-refractivity contribution in [3.05, 3.63) is 35.9 Å². The summed E-state index contributed by atoms with van der Waals surface area (Å²) in [5, 5.41) is 12.9. The molecule has 0 bridgehead atoms. The first-order valence-electron chi connectivity index (χ1n) is 7.24. The van der Waals surface area contributed by atoms with E-state index in [0.717, 1.165) is 13.1 Å². The van der Waals surface area contributed by atoms with Gasteiger partial charge in [-0.1, -0.05) is 43.7 Å². The van der Waals surface area contributed by atoms with E-state index in [9.17, 15) is 5.11 Å². The van der Waals surface area contributed by atoms with Crippen LogP contribution in [0.25, 0.3) is 0 Å². The van der Waals surface area contributed by atoms with Crippen LogP contribution in [0.1, 0.15) is 31.2 Å². The van der Waals surface area contributed by atoms with Crippen molar-refractivity contribution in [2.24, 2.45) is 5.41 Å². The number of nitrogens with one attached hydrogen (secondary N) is 1. The van der Waals surface area contributed by atoms with Crippen LogP contribution >= 0.6 is 0 Å². The number of hydrogen-bond donors (Lipinski definition) is 2. The lowest BCUT2D eigenvalue weighted by molar-refractivity contribution is -0.134. The van der Waals surface area contributed by atoms with E-state index in [1.807, 2.05) is 0 Å². The first kappa shape index (κ1) is 14.5. The van der Waals surface area contributed by atoms with E-state index in [0.29, 0.717) is 19.1 Å². The summed E-state index contributed by atoms with van der Waals surface area (Å²) in [4.78, 5) is 0. The molecular weight excluding hydrogens is 238 g/mol. The van der Waals surface area contributed by atoms with Crippen molar-refractivity contribution in [1.29, 1.82) is 0 Å². The summed E-state index contributed by atoms with van der Waals surface area (Å²) in [5.41, 5.74) is 1.37. The largest absolute Gasteiger partial charge is 0.396 e. The summed E-state index contributed by atoms with van der Waals surface area (Å²) in [5.74, 6) is 0.558. The first-order chi connectivity index (χ1) is 9.29. The molecule has 106 valence electrons. The summed E-state index contributed by atoms with van der Waals surface area (Å²) >= 11 is 0. The molecule has 1 saturated heterocycles. The normalized spacial score (nSPS) is 18.8. The average Bonchev–Trinajstić information content (AvgIpc) is 2.42. The zero-order chi connectivity index (χ0) is 13.6. The van der Waals surface area contributed by atoms with Gasteiger partial charge in [0.25, 0.3) is 0 Å². The monoisotopic (exact) mass is 263 g/mol. The van der Waals surface area contributed by atoms with Gasteiger partial charge in [-0.25, -0.2) is 0 Å². The molecule has 2 rings (SSSR count). The molecule has 1 aromatic rings. The number of rotatable bonds is 8. The number of benzene rings is 1. The van der Waals surface area contributed by atoms with Crippen LogP contribution in [0, 0.1) is 5.41 Å². The van der Waals surface area contributed by atoms with Crippen molar-refractivity contribution in [3.8, 4) is 0 Å². The van der Waals surface area contributed by atoms with Crippen LogP contribution in [-0.4, -0.2) is 38.0 Å². The summed E-state index contributed by atoms with van der Waals surface area (Å²) in [6.45, 7) is 5.62. The average molecular weight is 263 g/mol. The summed E-state index contributed by atoms with van der Waals surface area (Å²) in [6.07, 6.45) is 2.38. The van der Waals surface area contributed by atoms with Crippen molar-refractivity contribution >= 4 is 0 Å². The van der Waals surface area contributed by atoms with Gasteiger partial charge in [0.05, 0.1) is 25.2 Å². The molecule has 1 heterocycles. The molecule has 19 heavy (non-hydrogen) atoms. The third-order valence-electron chi connectivity index (χ3n) is 3.95. The molecule has 0 aromatic heterocycles. The van der Waals surface area contributed by atoms with E-state index in [2.05, 4.69) is 42.6 Å². The van der Waals surface area contributed by atoms with Crippen molar-refractivity contribution in [2.45, 2.75) is 25.7 Å². The zero-order valence-corrected chi connectivity index (χ0v) is 11.8. The Morgan fingerprint density at radius 2 is 2.05 bits per heavy atom. The fourth-order valence-corrected chi connectivity index (χ4v) is 2.61. The van der Waals surface area contributed by atoms with Gasteiger partial charge in [0, 0.05) is 13.1 Å². The SMILES string of the molecule is CCCC(CNCC1(CO)COC1)c1ccccc1. The molecule has 0 amide bonds. The fraction of sp³-hybridized carbons (Fsp3) is 0.625. The molecule has 2 N–H and O–H groups in total. The highest BCUT2D eigenvalue weighted by molar-refractivity contribution is 5.19. The van der Waals surface area contributed by atoms with Crippen LogP contribution in [-0.2, 0) is 4.74 Å².